The lowest BCUT2D eigenvalue weighted by molar-refractivity contribution is -0.870. The molecular weight excluding hydrogens is 830 g/mol. The SMILES string of the molecule is CC/C=C\C/C=C\C/C=C\C/C=C\C/C=C\CCCCCCCCCC(=O)OC(COCCCCCCCCC/C=C\C/C=C\C/C=C\CCCCC)COP(=O)([O-])OCC[N+](C)(C)C. The molecule has 0 aliphatic heterocycles. The Balaban J connectivity index is 4.22. The van der Waals surface area contributed by atoms with Crippen LogP contribution in [0.4, 0.5) is 0 Å². The van der Waals surface area contributed by atoms with Crippen molar-refractivity contribution in [2.24, 2.45) is 0 Å². The summed E-state index contributed by atoms with van der Waals surface area (Å²) in [5, 5.41) is 0. The molecular formula is C56H98NO7P. The Hall–Kier alpha value is -2.58. The molecule has 2 atom stereocenters. The van der Waals surface area contributed by atoms with E-state index in [-0.39, 0.29) is 25.8 Å². The molecule has 65 heavy (non-hydrogen) atoms. The maximum absolute atomic E-state index is 12.8. The van der Waals surface area contributed by atoms with Crippen molar-refractivity contribution in [3.05, 3.63) is 97.2 Å². The van der Waals surface area contributed by atoms with Crippen molar-refractivity contribution >= 4 is 13.8 Å². The van der Waals surface area contributed by atoms with Gasteiger partial charge in [0.2, 0.25) is 0 Å². The van der Waals surface area contributed by atoms with Gasteiger partial charge in [0, 0.05) is 13.0 Å². The first-order valence-corrected chi connectivity index (χ1v) is 27.4. The number of phosphoric acid groups is 1. The highest BCUT2D eigenvalue weighted by atomic mass is 31.2. The second kappa shape index (κ2) is 47.9. The van der Waals surface area contributed by atoms with E-state index in [0.717, 1.165) is 103 Å². The van der Waals surface area contributed by atoms with Crippen molar-refractivity contribution in [3.8, 4) is 0 Å². The number of unbranched alkanes of at least 4 members (excludes halogenated alkanes) is 17. The molecule has 0 aliphatic rings. The third-order valence-corrected chi connectivity index (χ3v) is 11.6. The van der Waals surface area contributed by atoms with E-state index in [4.69, 9.17) is 18.5 Å². The van der Waals surface area contributed by atoms with E-state index in [9.17, 15) is 14.3 Å². The van der Waals surface area contributed by atoms with Gasteiger partial charge in [-0.25, -0.2) is 0 Å². The Morgan fingerprint density at radius 2 is 0.892 bits per heavy atom. The summed E-state index contributed by atoms with van der Waals surface area (Å²) in [6.45, 7) is 5.22. The summed E-state index contributed by atoms with van der Waals surface area (Å²) >= 11 is 0. The van der Waals surface area contributed by atoms with Crippen LogP contribution in [0.5, 0.6) is 0 Å². The molecule has 2 unspecified atom stereocenters. The Morgan fingerprint density at radius 1 is 0.492 bits per heavy atom. The molecule has 0 spiro atoms. The van der Waals surface area contributed by atoms with Crippen LogP contribution in [-0.4, -0.2) is 70.7 Å². The minimum atomic E-state index is -4.55. The van der Waals surface area contributed by atoms with Gasteiger partial charge in [0.05, 0.1) is 34.4 Å². The first-order chi connectivity index (χ1) is 31.6. The molecule has 0 N–H and O–H groups in total. The molecule has 0 aromatic carbocycles. The fourth-order valence-corrected chi connectivity index (χ4v) is 7.37. The molecule has 9 heteroatoms. The van der Waals surface area contributed by atoms with Gasteiger partial charge in [0.1, 0.15) is 19.3 Å². The van der Waals surface area contributed by atoms with E-state index in [1.807, 2.05) is 21.1 Å². The van der Waals surface area contributed by atoms with Gasteiger partial charge in [-0.15, -0.1) is 0 Å². The van der Waals surface area contributed by atoms with Crippen LogP contribution in [0.25, 0.3) is 0 Å². The minimum Gasteiger partial charge on any atom is -0.756 e. The summed E-state index contributed by atoms with van der Waals surface area (Å²) in [4.78, 5) is 25.2. The molecule has 0 bridgehead atoms. The van der Waals surface area contributed by atoms with Gasteiger partial charge < -0.3 is 27.9 Å². The quantitative estimate of drug-likeness (QED) is 0.0197. The second-order valence-electron chi connectivity index (χ2n) is 18.1. The summed E-state index contributed by atoms with van der Waals surface area (Å²) in [6.07, 6.45) is 65.7. The molecule has 0 saturated carbocycles. The topological polar surface area (TPSA) is 94.1 Å². The standard InChI is InChI=1S/C56H98NO7P/c1-6-8-10-12-14-16-18-20-22-24-26-28-29-30-31-33-35-37-39-41-43-45-47-49-56(58)64-55(54-63-65(59,60)62-52-50-57(3,4)5)53-61-51-48-46-44-42-40-38-36-34-32-27-25-23-21-19-17-15-13-11-9-7-2/h8,10,14-17,20-23,26-28,30-32,55H,6-7,9,11-13,18-19,24-25,29,33-54H2,1-5H3/b10-8-,16-14-,17-15-,22-20-,23-21-,28-26-,31-30-,32-27-. The largest absolute Gasteiger partial charge is 0.756 e. The Bertz CT molecular complexity index is 1360. The molecule has 0 fully saturated rings. The predicted octanol–water partition coefficient (Wildman–Crippen LogP) is 15.5. The number of carbonyl (C=O) groups is 1. The smallest absolute Gasteiger partial charge is 0.306 e. The van der Waals surface area contributed by atoms with Gasteiger partial charge in [-0.2, -0.15) is 0 Å². The van der Waals surface area contributed by atoms with Gasteiger partial charge in [0.15, 0.2) is 0 Å². The van der Waals surface area contributed by atoms with Crippen LogP contribution >= 0.6 is 7.82 Å². The van der Waals surface area contributed by atoms with Gasteiger partial charge in [-0.3, -0.25) is 9.36 Å². The Morgan fingerprint density at radius 3 is 1.34 bits per heavy atom. The lowest BCUT2D eigenvalue weighted by Crippen LogP contribution is -2.37. The lowest BCUT2D eigenvalue weighted by Gasteiger charge is -2.28. The van der Waals surface area contributed by atoms with Crippen molar-refractivity contribution in [2.75, 3.05) is 54.1 Å². The monoisotopic (exact) mass is 928 g/mol. The zero-order valence-electron chi connectivity index (χ0n) is 42.4. The number of ether oxygens (including phenoxy) is 2. The highest BCUT2D eigenvalue weighted by Gasteiger charge is 2.20. The number of esters is 1. The number of phosphoric ester groups is 1. The maximum atomic E-state index is 12.8. The van der Waals surface area contributed by atoms with Crippen molar-refractivity contribution in [2.45, 2.75) is 200 Å². The number of quaternary nitrogens is 1. The van der Waals surface area contributed by atoms with E-state index in [1.54, 1.807) is 0 Å². The molecule has 0 saturated heterocycles. The molecule has 0 aliphatic carbocycles. The molecule has 8 nitrogen and oxygen atoms in total. The number of likely N-dealkylation sites (N-methyl/N-ethyl adjacent to an activating group) is 1. The van der Waals surface area contributed by atoms with E-state index in [0.29, 0.717) is 24.1 Å². The second-order valence-corrected chi connectivity index (χ2v) is 19.6. The van der Waals surface area contributed by atoms with E-state index >= 15 is 0 Å². The molecule has 0 heterocycles. The van der Waals surface area contributed by atoms with E-state index in [1.165, 1.54) is 70.6 Å². The summed E-state index contributed by atoms with van der Waals surface area (Å²) in [5.41, 5.74) is 0. The fourth-order valence-electron chi connectivity index (χ4n) is 6.64. The fraction of sp³-hybridized carbons (Fsp3) is 0.696. The summed E-state index contributed by atoms with van der Waals surface area (Å²) in [7, 11) is 1.33. The van der Waals surface area contributed by atoms with Crippen LogP contribution in [0.1, 0.15) is 194 Å². The highest BCUT2D eigenvalue weighted by Crippen LogP contribution is 2.38. The predicted molar refractivity (Wildman–Crippen MR) is 277 cm³/mol. The van der Waals surface area contributed by atoms with Crippen LogP contribution in [0.15, 0.2) is 97.2 Å². The lowest BCUT2D eigenvalue weighted by atomic mass is 10.1. The third-order valence-electron chi connectivity index (χ3n) is 10.6. The number of nitrogens with zero attached hydrogens (tertiary/aromatic N) is 1. The van der Waals surface area contributed by atoms with Gasteiger partial charge in [-0.05, 0) is 96.3 Å². The average Bonchev–Trinajstić information content (AvgIpc) is 3.27. The summed E-state index contributed by atoms with van der Waals surface area (Å²) in [6, 6.07) is 0. The normalized spacial score (nSPS) is 14.4. The van der Waals surface area contributed by atoms with Crippen LogP contribution in [0, 0.1) is 0 Å². The highest BCUT2D eigenvalue weighted by molar-refractivity contribution is 7.45. The van der Waals surface area contributed by atoms with Crippen molar-refractivity contribution < 1.29 is 37.3 Å². The Labute approximate surface area is 400 Å². The molecule has 374 valence electrons. The van der Waals surface area contributed by atoms with Crippen molar-refractivity contribution in [1.29, 1.82) is 0 Å². The van der Waals surface area contributed by atoms with E-state index in [2.05, 4.69) is 111 Å². The number of hydrogen-bond donors (Lipinski definition) is 0. The van der Waals surface area contributed by atoms with Crippen LogP contribution in [0.2, 0.25) is 0 Å². The molecule has 0 amide bonds. The molecule has 0 radical (unpaired) electrons. The zero-order valence-corrected chi connectivity index (χ0v) is 43.3. The van der Waals surface area contributed by atoms with Crippen molar-refractivity contribution in [3.63, 3.8) is 0 Å². The number of carbonyl (C=O) groups excluding carboxylic acids is 1. The van der Waals surface area contributed by atoms with Crippen LogP contribution in [-0.2, 0) is 27.9 Å². The minimum absolute atomic E-state index is 0.0160. The molecule has 0 rings (SSSR count). The average molecular weight is 928 g/mol. The third kappa shape index (κ3) is 52.3. The first-order valence-electron chi connectivity index (χ1n) is 26.0. The maximum Gasteiger partial charge on any atom is 0.306 e. The van der Waals surface area contributed by atoms with Gasteiger partial charge in [-0.1, -0.05) is 188 Å². The van der Waals surface area contributed by atoms with E-state index < -0.39 is 13.9 Å². The number of rotatable bonds is 47. The number of allylic oxidation sites excluding steroid dienone is 16. The van der Waals surface area contributed by atoms with Gasteiger partial charge >= 0.3 is 5.97 Å². The summed E-state index contributed by atoms with van der Waals surface area (Å²) in [5.74, 6) is -0.352. The van der Waals surface area contributed by atoms with Crippen LogP contribution in [0.3, 0.4) is 0 Å². The Kier molecular flexibility index (Phi) is 46.0. The molecule has 0 aromatic heterocycles. The number of hydrogen-bond acceptors (Lipinski definition) is 7. The molecule has 0 aromatic rings. The van der Waals surface area contributed by atoms with Crippen LogP contribution < -0.4 is 4.89 Å². The van der Waals surface area contributed by atoms with Crippen molar-refractivity contribution in [1.82, 2.24) is 0 Å². The first kappa shape index (κ1) is 62.4. The van der Waals surface area contributed by atoms with Gasteiger partial charge in [0.25, 0.3) is 7.82 Å². The summed E-state index contributed by atoms with van der Waals surface area (Å²) < 4.78 is 34.7. The zero-order chi connectivity index (χ0) is 47.6.